The number of aromatic nitrogens is 4. The molecule has 0 fully saturated rings. The summed E-state index contributed by atoms with van der Waals surface area (Å²) in [5.74, 6) is -0.595. The molecule has 2 amide bonds. The summed E-state index contributed by atoms with van der Waals surface area (Å²) in [6.07, 6.45) is 4.70. The zero-order chi connectivity index (χ0) is 20.2. The number of aromatic amines is 1. The number of hydrazine groups is 1. The molecule has 29 heavy (non-hydrogen) atoms. The number of rotatable bonds is 4. The van der Waals surface area contributed by atoms with Crippen LogP contribution in [-0.2, 0) is 0 Å². The fraction of sp³-hybridized carbons (Fsp3) is 0.0500. The number of nitrogens with zero attached hydrogens (tertiary/aromatic N) is 3. The van der Waals surface area contributed by atoms with Crippen LogP contribution in [0.15, 0.2) is 61.1 Å². The summed E-state index contributed by atoms with van der Waals surface area (Å²) in [4.78, 5) is 33.0. The van der Waals surface area contributed by atoms with Gasteiger partial charge in [0, 0.05) is 29.2 Å². The number of hydrogen-bond donors (Lipinski definition) is 4. The fourth-order valence-corrected chi connectivity index (χ4v) is 2.74. The zero-order valence-electron chi connectivity index (χ0n) is 15.4. The third-order valence-electron chi connectivity index (χ3n) is 4.20. The molecule has 0 atom stereocenters. The van der Waals surface area contributed by atoms with Crippen molar-refractivity contribution in [1.29, 1.82) is 0 Å². The number of carbonyl (C=O) groups is 2. The molecule has 0 aliphatic rings. The molecule has 4 rings (SSSR count). The van der Waals surface area contributed by atoms with E-state index in [2.05, 4.69) is 36.3 Å². The highest BCUT2D eigenvalue weighted by atomic mass is 16.2. The van der Waals surface area contributed by atoms with E-state index in [9.17, 15) is 9.59 Å². The molecule has 0 radical (unpaired) electrons. The summed E-state index contributed by atoms with van der Waals surface area (Å²) < 4.78 is 0. The van der Waals surface area contributed by atoms with Crippen LogP contribution in [0, 0.1) is 6.92 Å². The predicted molar refractivity (Wildman–Crippen MR) is 108 cm³/mol. The van der Waals surface area contributed by atoms with Crippen LogP contribution in [0.25, 0.3) is 10.9 Å². The van der Waals surface area contributed by atoms with Crippen molar-refractivity contribution >= 4 is 34.2 Å². The van der Waals surface area contributed by atoms with Crippen molar-refractivity contribution in [2.45, 2.75) is 6.92 Å². The minimum Gasteiger partial charge on any atom is -0.339 e. The minimum absolute atomic E-state index is 0.284. The Kier molecular flexibility index (Phi) is 4.85. The monoisotopic (exact) mass is 387 g/mol. The van der Waals surface area contributed by atoms with Gasteiger partial charge >= 0.3 is 0 Å². The Bertz CT molecular complexity index is 1190. The highest BCUT2D eigenvalue weighted by Crippen LogP contribution is 2.22. The van der Waals surface area contributed by atoms with Crippen LogP contribution in [-0.4, -0.2) is 32.0 Å². The molecule has 0 spiro atoms. The number of fused-ring (bicyclic) bond motifs is 1. The highest BCUT2D eigenvalue weighted by molar-refractivity contribution is 6.02. The maximum atomic E-state index is 12.6. The lowest BCUT2D eigenvalue weighted by atomic mass is 10.2. The lowest BCUT2D eigenvalue weighted by Gasteiger charge is -2.13. The first-order valence-electron chi connectivity index (χ1n) is 8.79. The second kappa shape index (κ2) is 7.77. The Hall–Kier alpha value is -4.27. The molecular weight excluding hydrogens is 370 g/mol. The third kappa shape index (κ3) is 4.03. The van der Waals surface area contributed by atoms with Gasteiger partial charge in [-0.2, -0.15) is 5.10 Å². The maximum absolute atomic E-state index is 12.6. The highest BCUT2D eigenvalue weighted by Gasteiger charge is 2.15. The molecular formula is C20H17N7O2. The number of benzene rings is 1. The molecule has 0 aliphatic carbocycles. The van der Waals surface area contributed by atoms with Crippen LogP contribution in [0.2, 0.25) is 0 Å². The van der Waals surface area contributed by atoms with Crippen molar-refractivity contribution in [3.63, 3.8) is 0 Å². The normalized spacial score (nSPS) is 10.5. The van der Waals surface area contributed by atoms with Crippen molar-refractivity contribution in [2.24, 2.45) is 0 Å². The summed E-state index contributed by atoms with van der Waals surface area (Å²) in [5.41, 5.74) is 7.74. The number of amides is 2. The van der Waals surface area contributed by atoms with Gasteiger partial charge in [-0.15, -0.1) is 0 Å². The first-order valence-corrected chi connectivity index (χ1v) is 8.79. The molecule has 0 aliphatic heterocycles. The van der Waals surface area contributed by atoms with Crippen molar-refractivity contribution in [1.82, 2.24) is 31.0 Å². The standard InChI is InChI=1S/C20H17N7O2/c1-12-4-7-16(20(29)27-26-19(28)14-3-2-8-21-10-14)18(23-12)24-15-6-5-13-11-22-25-17(13)9-15/h2-11H,1H3,(H,22,25)(H,23,24)(H,26,28)(H,27,29). The van der Waals surface area contributed by atoms with Gasteiger partial charge in [0.2, 0.25) is 0 Å². The van der Waals surface area contributed by atoms with Crippen molar-refractivity contribution in [2.75, 3.05) is 5.32 Å². The molecule has 1 aromatic carbocycles. The molecule has 0 saturated carbocycles. The number of hydrogen-bond acceptors (Lipinski definition) is 6. The average molecular weight is 387 g/mol. The molecule has 3 aromatic heterocycles. The Morgan fingerprint density at radius 3 is 2.69 bits per heavy atom. The molecule has 3 heterocycles. The zero-order valence-corrected chi connectivity index (χ0v) is 15.4. The lowest BCUT2D eigenvalue weighted by molar-refractivity contribution is 0.0846. The second-order valence-electron chi connectivity index (χ2n) is 6.30. The number of aryl methyl sites for hydroxylation is 1. The first kappa shape index (κ1) is 18.1. The Balaban J connectivity index is 1.52. The molecule has 144 valence electrons. The van der Waals surface area contributed by atoms with Crippen LogP contribution in [0.1, 0.15) is 26.4 Å². The number of carbonyl (C=O) groups excluding carboxylic acids is 2. The Labute approximate surface area is 165 Å². The Morgan fingerprint density at radius 2 is 1.86 bits per heavy atom. The topological polar surface area (TPSA) is 125 Å². The van der Waals surface area contributed by atoms with Gasteiger partial charge in [-0.3, -0.25) is 30.5 Å². The number of H-pyrrole nitrogens is 1. The summed E-state index contributed by atoms with van der Waals surface area (Å²) in [7, 11) is 0. The smallest absolute Gasteiger partial charge is 0.273 e. The molecule has 9 nitrogen and oxygen atoms in total. The van der Waals surface area contributed by atoms with E-state index in [1.54, 1.807) is 36.7 Å². The van der Waals surface area contributed by atoms with Crippen LogP contribution in [0.5, 0.6) is 0 Å². The van der Waals surface area contributed by atoms with E-state index in [-0.39, 0.29) is 5.56 Å². The van der Waals surface area contributed by atoms with Gasteiger partial charge in [0.25, 0.3) is 11.8 Å². The van der Waals surface area contributed by atoms with Gasteiger partial charge in [0.15, 0.2) is 0 Å². The summed E-state index contributed by atoms with van der Waals surface area (Å²) in [6, 6.07) is 12.3. The number of pyridine rings is 2. The maximum Gasteiger partial charge on any atom is 0.273 e. The van der Waals surface area contributed by atoms with Gasteiger partial charge < -0.3 is 5.32 Å². The fourth-order valence-electron chi connectivity index (χ4n) is 2.74. The number of anilines is 2. The van der Waals surface area contributed by atoms with E-state index in [1.807, 2.05) is 25.1 Å². The largest absolute Gasteiger partial charge is 0.339 e. The summed E-state index contributed by atoms with van der Waals surface area (Å²) in [6.45, 7) is 1.83. The van der Waals surface area contributed by atoms with E-state index in [1.165, 1.54) is 6.20 Å². The molecule has 0 saturated heterocycles. The second-order valence-corrected chi connectivity index (χ2v) is 6.30. The van der Waals surface area contributed by atoms with Gasteiger partial charge in [-0.1, -0.05) is 0 Å². The SMILES string of the molecule is Cc1ccc(C(=O)NNC(=O)c2cccnc2)c(Nc2ccc3cn[nH]c3c2)n1. The van der Waals surface area contributed by atoms with Gasteiger partial charge in [-0.25, -0.2) is 4.98 Å². The molecule has 9 heteroatoms. The average Bonchev–Trinajstić information content (AvgIpc) is 3.20. The summed E-state index contributed by atoms with van der Waals surface area (Å²) in [5, 5.41) is 11.0. The first-order chi connectivity index (χ1) is 14.1. The van der Waals surface area contributed by atoms with Gasteiger partial charge in [0.1, 0.15) is 5.82 Å². The number of nitrogens with one attached hydrogen (secondary N) is 4. The lowest BCUT2D eigenvalue weighted by Crippen LogP contribution is -2.41. The third-order valence-corrected chi connectivity index (χ3v) is 4.20. The van der Waals surface area contributed by atoms with E-state index in [0.717, 1.165) is 22.3 Å². The van der Waals surface area contributed by atoms with Crippen molar-refractivity contribution in [3.05, 3.63) is 77.9 Å². The van der Waals surface area contributed by atoms with Crippen LogP contribution in [0.3, 0.4) is 0 Å². The van der Waals surface area contributed by atoms with Gasteiger partial charge in [-0.05, 0) is 49.4 Å². The van der Waals surface area contributed by atoms with Crippen LogP contribution >= 0.6 is 0 Å². The predicted octanol–water partition coefficient (Wildman–Crippen LogP) is 2.48. The van der Waals surface area contributed by atoms with Crippen molar-refractivity contribution in [3.8, 4) is 0 Å². The van der Waals surface area contributed by atoms with E-state index in [0.29, 0.717) is 11.4 Å². The summed E-state index contributed by atoms with van der Waals surface area (Å²) >= 11 is 0. The van der Waals surface area contributed by atoms with Gasteiger partial charge in [0.05, 0.1) is 22.8 Å². The van der Waals surface area contributed by atoms with Crippen LogP contribution < -0.4 is 16.2 Å². The van der Waals surface area contributed by atoms with Crippen LogP contribution in [0.4, 0.5) is 11.5 Å². The molecule has 0 unspecified atom stereocenters. The van der Waals surface area contributed by atoms with E-state index >= 15 is 0 Å². The Morgan fingerprint density at radius 1 is 1.00 bits per heavy atom. The quantitative estimate of drug-likeness (QED) is 0.399. The van der Waals surface area contributed by atoms with E-state index < -0.39 is 11.8 Å². The molecule has 4 aromatic rings. The molecule has 0 bridgehead atoms. The van der Waals surface area contributed by atoms with Crippen molar-refractivity contribution < 1.29 is 9.59 Å². The molecule has 4 N–H and O–H groups in total. The minimum atomic E-state index is -0.500. The van der Waals surface area contributed by atoms with E-state index in [4.69, 9.17) is 0 Å².